The van der Waals surface area contributed by atoms with Gasteiger partial charge in [0.15, 0.2) is 0 Å². The molecule has 0 aromatic heterocycles. The number of aromatic hydroxyl groups is 1. The van der Waals surface area contributed by atoms with Crippen LogP contribution in [0.15, 0.2) is 42.5 Å². The van der Waals surface area contributed by atoms with Gasteiger partial charge in [-0.2, -0.15) is 0 Å². The summed E-state index contributed by atoms with van der Waals surface area (Å²) in [5, 5.41) is 10.8. The molecule has 2 aromatic rings. The molecule has 0 heterocycles. The monoisotopic (exact) mass is 260 g/mol. The summed E-state index contributed by atoms with van der Waals surface area (Å²) < 4.78 is 0. The highest BCUT2D eigenvalue weighted by atomic mass is 35.5. The Hall–Kier alpha value is -1.47. The number of aryl methyl sites for hydroxylation is 1. The van der Waals surface area contributed by atoms with Gasteiger partial charge in [0.05, 0.1) is 0 Å². The Labute approximate surface area is 113 Å². The molecule has 0 saturated heterocycles. The molecule has 0 unspecified atom stereocenters. The SMILES string of the molecule is CCCCc1cccc(O)c1-c1ccc(Cl)cc1. The first-order valence-electron chi connectivity index (χ1n) is 6.29. The van der Waals surface area contributed by atoms with E-state index >= 15 is 0 Å². The Morgan fingerprint density at radius 2 is 1.78 bits per heavy atom. The molecule has 0 bridgehead atoms. The van der Waals surface area contributed by atoms with Gasteiger partial charge in [-0.25, -0.2) is 0 Å². The minimum Gasteiger partial charge on any atom is -0.507 e. The van der Waals surface area contributed by atoms with Gasteiger partial charge in [0.25, 0.3) is 0 Å². The number of phenols is 1. The van der Waals surface area contributed by atoms with E-state index in [1.807, 2.05) is 30.3 Å². The van der Waals surface area contributed by atoms with Crippen LogP contribution in [0.2, 0.25) is 5.02 Å². The number of benzene rings is 2. The maximum Gasteiger partial charge on any atom is 0.123 e. The van der Waals surface area contributed by atoms with E-state index in [-0.39, 0.29) is 0 Å². The van der Waals surface area contributed by atoms with Crippen LogP contribution in [0.1, 0.15) is 25.3 Å². The van der Waals surface area contributed by atoms with Crippen molar-refractivity contribution in [1.29, 1.82) is 0 Å². The zero-order valence-corrected chi connectivity index (χ0v) is 11.2. The summed E-state index contributed by atoms with van der Waals surface area (Å²) >= 11 is 5.90. The van der Waals surface area contributed by atoms with E-state index in [9.17, 15) is 5.11 Å². The smallest absolute Gasteiger partial charge is 0.123 e. The minimum absolute atomic E-state index is 0.339. The predicted octanol–water partition coefficient (Wildman–Crippen LogP) is 5.06. The normalized spacial score (nSPS) is 10.6. The third kappa shape index (κ3) is 2.85. The maximum atomic E-state index is 10.1. The molecule has 1 nitrogen and oxygen atoms in total. The maximum absolute atomic E-state index is 10.1. The second-order valence-corrected chi connectivity index (χ2v) is 4.86. The Bertz CT molecular complexity index is 517. The highest BCUT2D eigenvalue weighted by Crippen LogP contribution is 2.34. The van der Waals surface area contributed by atoms with Crippen LogP contribution < -0.4 is 0 Å². The summed E-state index contributed by atoms with van der Waals surface area (Å²) in [6.07, 6.45) is 3.27. The fourth-order valence-electron chi connectivity index (χ4n) is 2.11. The van der Waals surface area contributed by atoms with Gasteiger partial charge < -0.3 is 5.11 Å². The third-order valence-electron chi connectivity index (χ3n) is 3.06. The highest BCUT2D eigenvalue weighted by Gasteiger charge is 2.09. The Kier molecular flexibility index (Phi) is 4.27. The summed E-state index contributed by atoms with van der Waals surface area (Å²) in [5.41, 5.74) is 3.14. The second-order valence-electron chi connectivity index (χ2n) is 4.42. The van der Waals surface area contributed by atoms with E-state index in [0.29, 0.717) is 10.8 Å². The van der Waals surface area contributed by atoms with Crippen molar-refractivity contribution in [2.24, 2.45) is 0 Å². The van der Waals surface area contributed by atoms with Crippen molar-refractivity contribution in [1.82, 2.24) is 0 Å². The highest BCUT2D eigenvalue weighted by molar-refractivity contribution is 6.30. The summed E-state index contributed by atoms with van der Waals surface area (Å²) in [4.78, 5) is 0. The van der Waals surface area contributed by atoms with Crippen LogP contribution in [0.5, 0.6) is 5.75 Å². The van der Waals surface area contributed by atoms with Gasteiger partial charge in [0.2, 0.25) is 0 Å². The van der Waals surface area contributed by atoms with E-state index in [0.717, 1.165) is 30.4 Å². The lowest BCUT2D eigenvalue weighted by molar-refractivity contribution is 0.476. The van der Waals surface area contributed by atoms with Crippen molar-refractivity contribution in [3.63, 3.8) is 0 Å². The lowest BCUT2D eigenvalue weighted by Crippen LogP contribution is -1.91. The average Bonchev–Trinajstić information content (AvgIpc) is 2.38. The zero-order valence-electron chi connectivity index (χ0n) is 10.5. The number of halogens is 1. The van der Waals surface area contributed by atoms with Gasteiger partial charge in [0.1, 0.15) is 5.75 Å². The number of unbranched alkanes of at least 4 members (excludes halogenated alkanes) is 1. The molecule has 18 heavy (non-hydrogen) atoms. The first kappa shape index (κ1) is 13.0. The lowest BCUT2D eigenvalue weighted by Gasteiger charge is -2.11. The number of hydrogen-bond acceptors (Lipinski definition) is 1. The zero-order chi connectivity index (χ0) is 13.0. The Morgan fingerprint density at radius 3 is 2.44 bits per heavy atom. The van der Waals surface area contributed by atoms with Crippen LogP contribution in [0.25, 0.3) is 11.1 Å². The fourth-order valence-corrected chi connectivity index (χ4v) is 2.24. The molecule has 0 aliphatic heterocycles. The number of phenolic OH excluding ortho intramolecular Hbond substituents is 1. The molecule has 0 radical (unpaired) electrons. The van der Waals surface area contributed by atoms with E-state index in [4.69, 9.17) is 11.6 Å². The van der Waals surface area contributed by atoms with E-state index < -0.39 is 0 Å². The van der Waals surface area contributed by atoms with Crippen molar-refractivity contribution in [2.45, 2.75) is 26.2 Å². The van der Waals surface area contributed by atoms with Crippen molar-refractivity contribution in [3.05, 3.63) is 53.1 Å². The Balaban J connectivity index is 2.44. The first-order valence-corrected chi connectivity index (χ1v) is 6.67. The molecule has 0 aliphatic carbocycles. The summed E-state index contributed by atoms with van der Waals surface area (Å²) in [6, 6.07) is 13.3. The molecule has 0 amide bonds. The van der Waals surface area contributed by atoms with Gasteiger partial charge in [-0.1, -0.05) is 49.2 Å². The molecule has 2 heteroatoms. The van der Waals surface area contributed by atoms with Crippen molar-refractivity contribution < 1.29 is 5.11 Å². The Morgan fingerprint density at radius 1 is 1.06 bits per heavy atom. The molecule has 0 aliphatic rings. The van der Waals surface area contributed by atoms with Crippen LogP contribution in [0.3, 0.4) is 0 Å². The summed E-state index contributed by atoms with van der Waals surface area (Å²) in [6.45, 7) is 2.17. The van der Waals surface area contributed by atoms with Gasteiger partial charge in [-0.15, -0.1) is 0 Å². The lowest BCUT2D eigenvalue weighted by atomic mass is 9.95. The molecule has 0 spiro atoms. The standard InChI is InChI=1S/C16H17ClO/c1-2-3-5-12-6-4-7-15(18)16(12)13-8-10-14(17)11-9-13/h4,6-11,18H,2-3,5H2,1H3. The van der Waals surface area contributed by atoms with Gasteiger partial charge >= 0.3 is 0 Å². The molecule has 1 N–H and O–H groups in total. The predicted molar refractivity (Wildman–Crippen MR) is 77.2 cm³/mol. The van der Waals surface area contributed by atoms with Gasteiger partial charge in [-0.3, -0.25) is 0 Å². The van der Waals surface area contributed by atoms with Crippen molar-refractivity contribution in [3.8, 4) is 16.9 Å². The fraction of sp³-hybridized carbons (Fsp3) is 0.250. The molecule has 2 rings (SSSR count). The van der Waals surface area contributed by atoms with Crippen LogP contribution >= 0.6 is 11.6 Å². The minimum atomic E-state index is 0.339. The molecular formula is C16H17ClO. The molecule has 0 atom stereocenters. The van der Waals surface area contributed by atoms with Gasteiger partial charge in [0, 0.05) is 10.6 Å². The van der Waals surface area contributed by atoms with Gasteiger partial charge in [-0.05, 0) is 42.2 Å². The van der Waals surface area contributed by atoms with E-state index in [1.165, 1.54) is 5.56 Å². The van der Waals surface area contributed by atoms with Crippen LogP contribution in [0.4, 0.5) is 0 Å². The van der Waals surface area contributed by atoms with Crippen LogP contribution in [-0.4, -0.2) is 5.11 Å². The third-order valence-corrected chi connectivity index (χ3v) is 3.31. The summed E-state index contributed by atoms with van der Waals surface area (Å²) in [7, 11) is 0. The molecular weight excluding hydrogens is 244 g/mol. The first-order chi connectivity index (χ1) is 8.72. The number of rotatable bonds is 4. The van der Waals surface area contributed by atoms with Crippen LogP contribution in [-0.2, 0) is 6.42 Å². The largest absolute Gasteiger partial charge is 0.507 e. The number of hydrogen-bond donors (Lipinski definition) is 1. The molecule has 0 saturated carbocycles. The van der Waals surface area contributed by atoms with Crippen molar-refractivity contribution in [2.75, 3.05) is 0 Å². The molecule has 94 valence electrons. The quantitative estimate of drug-likeness (QED) is 0.815. The molecule has 2 aromatic carbocycles. The summed E-state index contributed by atoms with van der Waals surface area (Å²) in [5.74, 6) is 0.339. The van der Waals surface area contributed by atoms with E-state index in [2.05, 4.69) is 13.0 Å². The second kappa shape index (κ2) is 5.92. The van der Waals surface area contributed by atoms with E-state index in [1.54, 1.807) is 6.07 Å². The van der Waals surface area contributed by atoms with Crippen LogP contribution in [0, 0.1) is 0 Å². The average molecular weight is 261 g/mol. The molecule has 0 fully saturated rings. The van der Waals surface area contributed by atoms with Crippen molar-refractivity contribution >= 4 is 11.6 Å². The topological polar surface area (TPSA) is 20.2 Å².